The number of nitrogens with one attached hydrogen (secondary N) is 2. The maximum absolute atomic E-state index is 12.9. The fraction of sp³-hybridized carbons (Fsp3) is 0.409. The largest absolute Gasteiger partial charge is 0.349 e. The minimum absolute atomic E-state index is 0.134. The summed E-state index contributed by atoms with van der Waals surface area (Å²) in [6, 6.07) is 12.3. The standard InChI is InChI=1S/C22H26N2O3S/c1-14-4-3-5-19(10-14)24-28(26,27)21-13-18(8-6-15(21)2)22(25)23-20-12-16-7-9-17(20)11-16/h3-6,8,10,13,16-17,20,24H,7,9,11-12H2,1-2H3,(H,23,25)/t16-,17-,20+/m0/s1. The molecule has 0 saturated heterocycles. The second-order valence-electron chi connectivity index (χ2n) is 8.21. The highest BCUT2D eigenvalue weighted by Crippen LogP contribution is 2.44. The lowest BCUT2D eigenvalue weighted by Gasteiger charge is -2.23. The van der Waals surface area contributed by atoms with Gasteiger partial charge in [-0.2, -0.15) is 0 Å². The molecule has 2 aliphatic rings. The molecule has 3 atom stereocenters. The first-order valence-corrected chi connectivity index (χ1v) is 11.3. The van der Waals surface area contributed by atoms with E-state index in [4.69, 9.17) is 0 Å². The number of carbonyl (C=O) groups excluding carboxylic acids is 1. The van der Waals surface area contributed by atoms with Crippen molar-refractivity contribution >= 4 is 21.6 Å². The summed E-state index contributed by atoms with van der Waals surface area (Å²) in [5.41, 5.74) is 2.47. The highest BCUT2D eigenvalue weighted by atomic mass is 32.2. The Morgan fingerprint density at radius 2 is 1.86 bits per heavy atom. The van der Waals surface area contributed by atoms with Crippen LogP contribution in [0.3, 0.4) is 0 Å². The number of aryl methyl sites for hydroxylation is 2. The van der Waals surface area contributed by atoms with Gasteiger partial charge in [-0.25, -0.2) is 8.42 Å². The van der Waals surface area contributed by atoms with Crippen molar-refractivity contribution < 1.29 is 13.2 Å². The Morgan fingerprint density at radius 3 is 2.54 bits per heavy atom. The molecule has 2 aromatic carbocycles. The number of hydrogen-bond donors (Lipinski definition) is 2. The molecule has 0 unspecified atom stereocenters. The second kappa shape index (κ2) is 7.24. The fourth-order valence-electron chi connectivity index (χ4n) is 4.62. The number of carbonyl (C=O) groups is 1. The van der Waals surface area contributed by atoms with E-state index in [9.17, 15) is 13.2 Å². The molecule has 28 heavy (non-hydrogen) atoms. The van der Waals surface area contributed by atoms with E-state index in [1.54, 1.807) is 37.3 Å². The molecule has 1 amide bonds. The van der Waals surface area contributed by atoms with Crippen LogP contribution in [0.4, 0.5) is 5.69 Å². The molecule has 2 bridgehead atoms. The maximum Gasteiger partial charge on any atom is 0.262 e. The molecule has 6 heteroatoms. The summed E-state index contributed by atoms with van der Waals surface area (Å²) in [5, 5.41) is 3.13. The van der Waals surface area contributed by atoms with E-state index >= 15 is 0 Å². The molecule has 4 rings (SSSR count). The zero-order valence-corrected chi connectivity index (χ0v) is 17.1. The average Bonchev–Trinajstić information content (AvgIpc) is 3.24. The summed E-state index contributed by atoms with van der Waals surface area (Å²) in [6.45, 7) is 3.64. The van der Waals surface area contributed by atoms with Gasteiger partial charge >= 0.3 is 0 Å². The van der Waals surface area contributed by atoms with Gasteiger partial charge in [0.25, 0.3) is 15.9 Å². The topological polar surface area (TPSA) is 75.3 Å². The third kappa shape index (κ3) is 3.78. The molecule has 0 heterocycles. The van der Waals surface area contributed by atoms with Gasteiger partial charge in [-0.1, -0.05) is 24.6 Å². The van der Waals surface area contributed by atoms with Gasteiger partial charge in [-0.15, -0.1) is 0 Å². The maximum atomic E-state index is 12.9. The molecule has 148 valence electrons. The molecular weight excluding hydrogens is 372 g/mol. The van der Waals surface area contributed by atoms with Gasteiger partial charge in [0.05, 0.1) is 4.90 Å². The number of rotatable bonds is 5. The van der Waals surface area contributed by atoms with Gasteiger partial charge in [0, 0.05) is 17.3 Å². The third-order valence-corrected chi connectivity index (χ3v) is 7.59. The van der Waals surface area contributed by atoms with Gasteiger partial charge in [0.1, 0.15) is 0 Å². The Kier molecular flexibility index (Phi) is 4.91. The minimum Gasteiger partial charge on any atom is -0.349 e. The van der Waals surface area contributed by atoms with Crippen molar-refractivity contribution in [2.75, 3.05) is 4.72 Å². The van der Waals surface area contributed by atoms with E-state index in [1.807, 2.05) is 13.0 Å². The van der Waals surface area contributed by atoms with Crippen molar-refractivity contribution in [1.82, 2.24) is 5.32 Å². The van der Waals surface area contributed by atoms with Gasteiger partial charge < -0.3 is 5.32 Å². The van der Waals surface area contributed by atoms with Crippen LogP contribution in [-0.2, 0) is 10.0 Å². The van der Waals surface area contributed by atoms with E-state index in [2.05, 4.69) is 10.0 Å². The Morgan fingerprint density at radius 1 is 1.04 bits per heavy atom. The summed E-state index contributed by atoms with van der Waals surface area (Å²) >= 11 is 0. The van der Waals surface area contributed by atoms with Crippen LogP contribution in [0.1, 0.15) is 47.2 Å². The summed E-state index contributed by atoms with van der Waals surface area (Å²) in [4.78, 5) is 12.9. The van der Waals surface area contributed by atoms with Crippen LogP contribution >= 0.6 is 0 Å². The average molecular weight is 399 g/mol. The van der Waals surface area contributed by atoms with Crippen molar-refractivity contribution in [1.29, 1.82) is 0 Å². The van der Waals surface area contributed by atoms with Crippen molar-refractivity contribution in [3.8, 4) is 0 Å². The van der Waals surface area contributed by atoms with Crippen LogP contribution in [0.2, 0.25) is 0 Å². The fourth-order valence-corrected chi connectivity index (χ4v) is 5.94. The molecule has 2 N–H and O–H groups in total. The smallest absolute Gasteiger partial charge is 0.262 e. The summed E-state index contributed by atoms with van der Waals surface area (Å²) in [6.07, 6.45) is 4.71. The molecule has 0 radical (unpaired) electrons. The highest BCUT2D eigenvalue weighted by molar-refractivity contribution is 7.92. The number of sulfonamides is 1. The molecule has 0 aromatic heterocycles. The summed E-state index contributed by atoms with van der Waals surface area (Å²) in [5.74, 6) is 1.12. The van der Waals surface area contributed by atoms with Crippen molar-refractivity contribution in [3.63, 3.8) is 0 Å². The van der Waals surface area contributed by atoms with Gasteiger partial charge in [-0.3, -0.25) is 9.52 Å². The zero-order chi connectivity index (χ0) is 19.9. The zero-order valence-electron chi connectivity index (χ0n) is 16.2. The normalized spacial score (nSPS) is 23.6. The predicted octanol–water partition coefficient (Wildman–Crippen LogP) is 4.02. The number of anilines is 1. The van der Waals surface area contributed by atoms with E-state index in [1.165, 1.54) is 25.3 Å². The van der Waals surface area contributed by atoms with Crippen LogP contribution in [0.5, 0.6) is 0 Å². The molecule has 0 spiro atoms. The molecule has 5 nitrogen and oxygen atoms in total. The van der Waals surface area contributed by atoms with Crippen molar-refractivity contribution in [2.24, 2.45) is 11.8 Å². The van der Waals surface area contributed by atoms with Crippen LogP contribution < -0.4 is 10.0 Å². The number of benzene rings is 2. The van der Waals surface area contributed by atoms with Crippen molar-refractivity contribution in [3.05, 3.63) is 59.2 Å². The van der Waals surface area contributed by atoms with Gasteiger partial charge in [0.15, 0.2) is 0 Å². The number of fused-ring (bicyclic) bond motifs is 2. The second-order valence-corrected chi connectivity index (χ2v) is 9.86. The van der Waals surface area contributed by atoms with Gasteiger partial charge in [0.2, 0.25) is 0 Å². The molecule has 2 saturated carbocycles. The number of amides is 1. The lowest BCUT2D eigenvalue weighted by molar-refractivity contribution is 0.0922. The monoisotopic (exact) mass is 398 g/mol. The summed E-state index contributed by atoms with van der Waals surface area (Å²) < 4.78 is 28.4. The third-order valence-electron chi connectivity index (χ3n) is 6.06. The first-order chi connectivity index (χ1) is 13.3. The molecule has 2 aliphatic carbocycles. The van der Waals surface area contributed by atoms with E-state index in [0.29, 0.717) is 22.7 Å². The lowest BCUT2D eigenvalue weighted by Crippen LogP contribution is -2.38. The van der Waals surface area contributed by atoms with Crippen molar-refractivity contribution in [2.45, 2.75) is 50.5 Å². The van der Waals surface area contributed by atoms with E-state index < -0.39 is 10.0 Å². The quantitative estimate of drug-likeness (QED) is 0.799. The van der Waals surface area contributed by atoms with Gasteiger partial charge in [-0.05, 0) is 80.3 Å². The van der Waals surface area contributed by atoms with Crippen LogP contribution in [0, 0.1) is 25.7 Å². The Balaban J connectivity index is 1.55. The molecule has 2 fully saturated rings. The SMILES string of the molecule is Cc1cccc(NS(=O)(=O)c2cc(C(=O)N[C@@H]3C[C@H]4CC[C@H]3C4)ccc2C)c1. The van der Waals surface area contributed by atoms with E-state index in [-0.39, 0.29) is 16.8 Å². The Labute approximate surface area is 166 Å². The minimum atomic E-state index is -3.78. The number of hydrogen-bond acceptors (Lipinski definition) is 3. The highest BCUT2D eigenvalue weighted by Gasteiger charge is 2.40. The first kappa shape index (κ1) is 19.0. The van der Waals surface area contributed by atoms with Crippen LogP contribution in [0.15, 0.2) is 47.4 Å². The van der Waals surface area contributed by atoms with E-state index in [0.717, 1.165) is 17.9 Å². The molecular formula is C22H26N2O3S. The predicted molar refractivity (Wildman–Crippen MR) is 110 cm³/mol. The summed E-state index contributed by atoms with van der Waals surface area (Å²) in [7, 11) is -3.78. The molecule has 2 aromatic rings. The van der Waals surface area contributed by atoms with Crippen LogP contribution in [0.25, 0.3) is 0 Å². The Bertz CT molecular complexity index is 1020. The van der Waals surface area contributed by atoms with Crippen LogP contribution in [-0.4, -0.2) is 20.4 Å². The molecule has 0 aliphatic heterocycles. The first-order valence-electron chi connectivity index (χ1n) is 9.83. The Hall–Kier alpha value is -2.34. The lowest BCUT2D eigenvalue weighted by atomic mass is 9.95.